The molecule has 2 aromatic rings. The maximum absolute atomic E-state index is 13.2. The van der Waals surface area contributed by atoms with Crippen molar-refractivity contribution in [2.75, 3.05) is 0 Å². The highest BCUT2D eigenvalue weighted by Gasteiger charge is 2.32. The molecule has 4 atom stereocenters. The van der Waals surface area contributed by atoms with E-state index in [1.165, 1.54) is 12.5 Å². The maximum Gasteiger partial charge on any atom is 0.326 e. The van der Waals surface area contributed by atoms with Gasteiger partial charge in [-0.2, -0.15) is 0 Å². The van der Waals surface area contributed by atoms with Crippen LogP contribution < -0.4 is 21.7 Å². The van der Waals surface area contributed by atoms with E-state index < -0.39 is 60.2 Å². The molecule has 0 aliphatic carbocycles. The third-order valence-corrected chi connectivity index (χ3v) is 5.49. The highest BCUT2D eigenvalue weighted by molar-refractivity contribution is 5.94. The highest BCUT2D eigenvalue weighted by Crippen LogP contribution is 2.08. The quantitative estimate of drug-likeness (QED) is 0.167. The lowest BCUT2D eigenvalue weighted by atomic mass is 10.0. The van der Waals surface area contributed by atoms with E-state index in [0.717, 1.165) is 5.56 Å². The van der Waals surface area contributed by atoms with Gasteiger partial charge in [-0.15, -0.1) is 0 Å². The Bertz CT molecular complexity index is 1070. The van der Waals surface area contributed by atoms with Gasteiger partial charge in [0.1, 0.15) is 18.1 Å². The summed E-state index contributed by atoms with van der Waals surface area (Å²) in [6.07, 6.45) is 2.09. The molecule has 1 heterocycles. The molecule has 13 nitrogen and oxygen atoms in total. The zero-order valence-corrected chi connectivity index (χ0v) is 20.5. The zero-order chi connectivity index (χ0) is 27.5. The van der Waals surface area contributed by atoms with Crippen molar-refractivity contribution in [3.63, 3.8) is 0 Å². The fourth-order valence-electron chi connectivity index (χ4n) is 3.49. The fraction of sp³-hybridized carbons (Fsp3) is 0.417. The van der Waals surface area contributed by atoms with E-state index in [2.05, 4.69) is 25.9 Å². The van der Waals surface area contributed by atoms with Crippen molar-refractivity contribution < 1.29 is 34.2 Å². The van der Waals surface area contributed by atoms with Crippen LogP contribution in [-0.2, 0) is 36.8 Å². The number of hydrogen-bond acceptors (Lipinski definition) is 7. The van der Waals surface area contributed by atoms with Gasteiger partial charge in [0.15, 0.2) is 0 Å². The molecule has 0 saturated carbocycles. The molecule has 0 radical (unpaired) electrons. The summed E-state index contributed by atoms with van der Waals surface area (Å²) < 4.78 is 0. The summed E-state index contributed by atoms with van der Waals surface area (Å²) in [5.41, 5.74) is 7.35. The van der Waals surface area contributed by atoms with E-state index in [-0.39, 0.29) is 18.8 Å². The molecular formula is C24H32N6O7. The molecule has 3 amide bonds. The smallest absolute Gasteiger partial charge is 0.326 e. The van der Waals surface area contributed by atoms with Gasteiger partial charge in [0, 0.05) is 18.3 Å². The monoisotopic (exact) mass is 516 g/mol. The lowest BCUT2D eigenvalue weighted by Crippen LogP contribution is -2.59. The average Bonchev–Trinajstić information content (AvgIpc) is 3.34. The van der Waals surface area contributed by atoms with Gasteiger partial charge in [0.05, 0.1) is 18.8 Å². The first-order chi connectivity index (χ1) is 17.5. The molecule has 37 heavy (non-hydrogen) atoms. The van der Waals surface area contributed by atoms with Crippen LogP contribution in [0.2, 0.25) is 0 Å². The Hall–Kier alpha value is -4.26. The summed E-state index contributed by atoms with van der Waals surface area (Å²) in [5.74, 6) is -5.51. The van der Waals surface area contributed by atoms with Crippen molar-refractivity contribution in [1.82, 2.24) is 25.9 Å². The van der Waals surface area contributed by atoms with Gasteiger partial charge in [-0.05, 0) is 17.9 Å². The third-order valence-electron chi connectivity index (χ3n) is 5.49. The first-order valence-corrected chi connectivity index (χ1v) is 11.6. The number of H-pyrrole nitrogens is 1. The second-order valence-electron chi connectivity index (χ2n) is 8.87. The number of aliphatic carboxylic acids is 2. The molecule has 0 saturated heterocycles. The fourth-order valence-corrected chi connectivity index (χ4v) is 3.49. The minimum absolute atomic E-state index is 0.0940. The lowest BCUT2D eigenvalue weighted by Gasteiger charge is -2.26. The second kappa shape index (κ2) is 13.7. The SMILES string of the molecule is CC(C)C(NC(=O)C(N)Cc1ccccc1)C(=O)NC(Cc1cnc[nH]1)C(=O)NC(CC(=O)O)C(=O)O. The summed E-state index contributed by atoms with van der Waals surface area (Å²) in [6, 6.07) is 4.16. The van der Waals surface area contributed by atoms with Crippen LogP contribution in [0.5, 0.6) is 0 Å². The molecular weight excluding hydrogens is 484 g/mol. The Balaban J connectivity index is 2.14. The summed E-state index contributed by atoms with van der Waals surface area (Å²) in [5, 5.41) is 25.5. The Labute approximate surface area is 213 Å². The van der Waals surface area contributed by atoms with E-state index in [1.807, 2.05) is 30.3 Å². The van der Waals surface area contributed by atoms with Gasteiger partial charge in [0.2, 0.25) is 17.7 Å². The number of nitrogens with zero attached hydrogens (tertiary/aromatic N) is 1. The maximum atomic E-state index is 13.2. The number of benzene rings is 1. The largest absolute Gasteiger partial charge is 0.481 e. The third kappa shape index (κ3) is 9.37. The van der Waals surface area contributed by atoms with Crippen LogP contribution in [0, 0.1) is 5.92 Å². The van der Waals surface area contributed by atoms with Gasteiger partial charge in [-0.1, -0.05) is 44.2 Å². The molecule has 2 rings (SSSR count). The van der Waals surface area contributed by atoms with Crippen LogP contribution in [0.4, 0.5) is 0 Å². The number of nitrogens with one attached hydrogen (secondary N) is 4. The molecule has 0 spiro atoms. The van der Waals surface area contributed by atoms with Gasteiger partial charge < -0.3 is 36.9 Å². The molecule has 13 heteroatoms. The molecule has 0 bridgehead atoms. The van der Waals surface area contributed by atoms with Crippen LogP contribution in [-0.4, -0.2) is 74.0 Å². The summed E-state index contributed by atoms with van der Waals surface area (Å²) in [6.45, 7) is 3.40. The predicted octanol–water partition coefficient (Wildman–Crippen LogP) is -0.808. The average molecular weight is 517 g/mol. The number of hydrogen-bond donors (Lipinski definition) is 7. The number of rotatable bonds is 14. The zero-order valence-electron chi connectivity index (χ0n) is 20.5. The second-order valence-corrected chi connectivity index (χ2v) is 8.87. The van der Waals surface area contributed by atoms with E-state index in [0.29, 0.717) is 5.69 Å². The minimum atomic E-state index is -1.71. The number of carbonyl (C=O) groups is 5. The van der Waals surface area contributed by atoms with Crippen LogP contribution in [0.15, 0.2) is 42.9 Å². The Morgan fingerprint density at radius 2 is 1.57 bits per heavy atom. The molecule has 1 aromatic carbocycles. The molecule has 0 fully saturated rings. The Kier molecular flexibility index (Phi) is 10.8. The van der Waals surface area contributed by atoms with Gasteiger partial charge in [-0.25, -0.2) is 9.78 Å². The van der Waals surface area contributed by atoms with Gasteiger partial charge in [-0.3, -0.25) is 19.2 Å². The molecule has 0 aliphatic rings. The lowest BCUT2D eigenvalue weighted by molar-refractivity contribution is -0.147. The normalized spacial score (nSPS) is 14.2. The van der Waals surface area contributed by atoms with Crippen molar-refractivity contribution in [2.24, 2.45) is 11.7 Å². The summed E-state index contributed by atoms with van der Waals surface area (Å²) in [7, 11) is 0. The van der Waals surface area contributed by atoms with Crippen molar-refractivity contribution in [1.29, 1.82) is 0 Å². The number of nitrogens with two attached hydrogens (primary N) is 1. The van der Waals surface area contributed by atoms with Crippen LogP contribution in [0.25, 0.3) is 0 Å². The predicted molar refractivity (Wildman–Crippen MR) is 131 cm³/mol. The molecule has 0 aliphatic heterocycles. The van der Waals surface area contributed by atoms with Crippen molar-refractivity contribution in [2.45, 2.75) is 57.3 Å². The highest BCUT2D eigenvalue weighted by atomic mass is 16.4. The van der Waals surface area contributed by atoms with E-state index in [1.54, 1.807) is 13.8 Å². The van der Waals surface area contributed by atoms with E-state index in [4.69, 9.17) is 10.8 Å². The molecule has 8 N–H and O–H groups in total. The van der Waals surface area contributed by atoms with Gasteiger partial charge >= 0.3 is 11.9 Å². The van der Waals surface area contributed by atoms with E-state index >= 15 is 0 Å². The topological polar surface area (TPSA) is 217 Å². The Morgan fingerprint density at radius 1 is 0.919 bits per heavy atom. The van der Waals surface area contributed by atoms with Gasteiger partial charge in [0.25, 0.3) is 0 Å². The van der Waals surface area contributed by atoms with Crippen molar-refractivity contribution in [3.8, 4) is 0 Å². The number of amides is 3. The number of carboxylic acid groups (broad SMARTS) is 2. The van der Waals surface area contributed by atoms with Crippen molar-refractivity contribution >= 4 is 29.7 Å². The minimum Gasteiger partial charge on any atom is -0.481 e. The standard InChI is InChI=1S/C24H32N6O7/c1-13(2)20(30-21(33)16(25)8-14-6-4-3-5-7-14)23(35)28-17(9-15-11-26-12-27-15)22(34)29-18(24(36)37)10-19(31)32/h3-7,11-13,16-18,20H,8-10,25H2,1-2H3,(H,26,27)(H,28,35)(H,29,34)(H,30,33)(H,31,32)(H,36,37). The molecule has 200 valence electrons. The Morgan fingerprint density at radius 3 is 2.11 bits per heavy atom. The van der Waals surface area contributed by atoms with Crippen LogP contribution >= 0.6 is 0 Å². The molecule has 4 unspecified atom stereocenters. The summed E-state index contributed by atoms with van der Waals surface area (Å²) in [4.78, 5) is 67.8. The first-order valence-electron chi connectivity index (χ1n) is 11.6. The van der Waals surface area contributed by atoms with Crippen LogP contribution in [0.1, 0.15) is 31.5 Å². The van der Waals surface area contributed by atoms with Crippen molar-refractivity contribution in [3.05, 3.63) is 54.1 Å². The first kappa shape index (κ1) is 29.0. The number of aromatic nitrogens is 2. The number of carboxylic acids is 2. The number of aromatic amines is 1. The van der Waals surface area contributed by atoms with E-state index in [9.17, 15) is 29.1 Å². The van der Waals surface area contributed by atoms with Crippen LogP contribution in [0.3, 0.4) is 0 Å². The molecule has 1 aromatic heterocycles. The summed E-state index contributed by atoms with van der Waals surface area (Å²) >= 11 is 0. The number of carbonyl (C=O) groups excluding carboxylic acids is 3. The number of imidazole rings is 1.